The minimum Gasteiger partial charge on any atom is -0.379 e. The summed E-state index contributed by atoms with van der Waals surface area (Å²) in [5, 5.41) is 24.4. The van der Waals surface area contributed by atoms with Gasteiger partial charge in [0.15, 0.2) is 0 Å². The Hall–Kier alpha value is -3.64. The van der Waals surface area contributed by atoms with Crippen molar-refractivity contribution in [3.63, 3.8) is 0 Å². The molecule has 1 aromatic heterocycles. The highest BCUT2D eigenvalue weighted by Crippen LogP contribution is 2.20. The van der Waals surface area contributed by atoms with Gasteiger partial charge in [0, 0.05) is 31.9 Å². The van der Waals surface area contributed by atoms with Crippen LogP contribution in [-0.2, 0) is 17.8 Å². The van der Waals surface area contributed by atoms with Crippen LogP contribution >= 0.6 is 0 Å². The maximum Gasteiger partial charge on any atom is 0.280 e. The minimum atomic E-state index is -0.874. The number of rotatable bonds is 5. The molecule has 0 aliphatic carbocycles. The van der Waals surface area contributed by atoms with Crippen LogP contribution in [0.5, 0.6) is 0 Å². The summed E-state index contributed by atoms with van der Waals surface area (Å²) >= 11 is 0. The molecular weight excluding hydrogens is 430 g/mol. The van der Waals surface area contributed by atoms with Gasteiger partial charge in [0.1, 0.15) is 6.23 Å². The second kappa shape index (κ2) is 9.31. The van der Waals surface area contributed by atoms with Crippen LogP contribution in [0.1, 0.15) is 23.6 Å². The SMILES string of the molecule is CC1=c2c([nH]n(-c3cccc(C#N)c3)c2=O)=CC(O)N1Cc1ccccc1CN1CCOCC1. The van der Waals surface area contributed by atoms with Crippen LogP contribution in [0.25, 0.3) is 17.5 Å². The lowest BCUT2D eigenvalue weighted by Crippen LogP contribution is -2.48. The van der Waals surface area contributed by atoms with Gasteiger partial charge in [-0.3, -0.25) is 14.8 Å². The largest absolute Gasteiger partial charge is 0.379 e. The molecule has 34 heavy (non-hydrogen) atoms. The first-order valence-corrected chi connectivity index (χ1v) is 11.4. The van der Waals surface area contributed by atoms with Gasteiger partial charge in [0.2, 0.25) is 0 Å². The predicted molar refractivity (Wildman–Crippen MR) is 128 cm³/mol. The summed E-state index contributed by atoms with van der Waals surface area (Å²) in [5.74, 6) is 0. The standard InChI is InChI=1S/C26H27N5O3/c1-18-25-23(28-31(26(25)33)22-8-4-5-19(13-22)15-27)14-24(32)30(18)17-21-7-3-2-6-20(21)16-29-9-11-34-12-10-29/h2-8,13-14,24,28,32H,9-12,16-17H2,1H3. The lowest BCUT2D eigenvalue weighted by Gasteiger charge is -2.32. The quantitative estimate of drug-likeness (QED) is 0.583. The molecule has 0 bridgehead atoms. The molecule has 1 fully saturated rings. The molecule has 3 heterocycles. The van der Waals surface area contributed by atoms with Crippen molar-refractivity contribution in [2.24, 2.45) is 0 Å². The van der Waals surface area contributed by atoms with E-state index in [1.807, 2.05) is 24.0 Å². The van der Waals surface area contributed by atoms with Gasteiger partial charge in [-0.1, -0.05) is 30.3 Å². The second-order valence-corrected chi connectivity index (χ2v) is 8.65. The summed E-state index contributed by atoms with van der Waals surface area (Å²) in [4.78, 5) is 17.6. The van der Waals surface area contributed by atoms with Crippen LogP contribution in [0.4, 0.5) is 0 Å². The van der Waals surface area contributed by atoms with Gasteiger partial charge in [-0.05, 0) is 42.3 Å². The van der Waals surface area contributed by atoms with Crippen LogP contribution in [-0.4, -0.2) is 57.2 Å². The Morgan fingerprint density at radius 3 is 2.59 bits per heavy atom. The first-order chi connectivity index (χ1) is 16.5. The van der Waals surface area contributed by atoms with Crippen LogP contribution < -0.4 is 16.1 Å². The predicted octanol–water partition coefficient (Wildman–Crippen LogP) is 0.612. The van der Waals surface area contributed by atoms with E-state index in [1.54, 1.807) is 30.3 Å². The number of benzene rings is 2. The van der Waals surface area contributed by atoms with Gasteiger partial charge < -0.3 is 14.7 Å². The van der Waals surface area contributed by atoms with Gasteiger partial charge in [0.25, 0.3) is 5.56 Å². The molecule has 0 saturated carbocycles. The summed E-state index contributed by atoms with van der Waals surface area (Å²) in [6, 6.07) is 17.2. The normalized spacial score (nSPS) is 18.3. The van der Waals surface area contributed by atoms with E-state index in [2.05, 4.69) is 28.2 Å². The highest BCUT2D eigenvalue weighted by molar-refractivity contribution is 5.50. The highest BCUT2D eigenvalue weighted by atomic mass is 16.5. The number of H-pyrrole nitrogens is 1. The lowest BCUT2D eigenvalue weighted by molar-refractivity contribution is 0.0338. The fraction of sp³-hybridized carbons (Fsp3) is 0.308. The van der Waals surface area contributed by atoms with E-state index in [4.69, 9.17) is 4.74 Å². The number of aliphatic hydroxyl groups is 1. The van der Waals surface area contributed by atoms with Crippen molar-refractivity contribution < 1.29 is 9.84 Å². The number of aromatic amines is 1. The highest BCUT2D eigenvalue weighted by Gasteiger charge is 2.23. The molecule has 3 aromatic rings. The van der Waals surface area contributed by atoms with Crippen molar-refractivity contribution in [1.82, 2.24) is 19.6 Å². The van der Waals surface area contributed by atoms with Gasteiger partial charge in [0.05, 0.1) is 41.1 Å². The zero-order chi connectivity index (χ0) is 23.7. The lowest BCUT2D eigenvalue weighted by atomic mass is 10.0. The molecule has 2 aliphatic rings. The molecular formula is C26H27N5O3. The molecule has 174 valence electrons. The molecule has 1 unspecified atom stereocenters. The van der Waals surface area contributed by atoms with Crippen LogP contribution in [0.3, 0.4) is 0 Å². The van der Waals surface area contributed by atoms with Crippen molar-refractivity contribution in [1.29, 1.82) is 5.26 Å². The van der Waals surface area contributed by atoms with Crippen LogP contribution in [0, 0.1) is 11.3 Å². The summed E-state index contributed by atoms with van der Waals surface area (Å²) in [7, 11) is 0. The Labute approximate surface area is 197 Å². The number of aromatic nitrogens is 2. The van der Waals surface area contributed by atoms with Crippen molar-refractivity contribution >= 4 is 11.8 Å². The Kier molecular flexibility index (Phi) is 6.07. The Bertz CT molecular complexity index is 1430. The van der Waals surface area contributed by atoms with E-state index in [1.165, 1.54) is 10.2 Å². The van der Waals surface area contributed by atoms with Crippen LogP contribution in [0.2, 0.25) is 0 Å². The first kappa shape index (κ1) is 22.2. The van der Waals surface area contributed by atoms with Crippen molar-refractivity contribution in [3.05, 3.63) is 86.1 Å². The molecule has 8 heteroatoms. The topological polar surface area (TPSA) is 97.5 Å². The van der Waals surface area contributed by atoms with E-state index >= 15 is 0 Å². The summed E-state index contributed by atoms with van der Waals surface area (Å²) < 4.78 is 6.89. The van der Waals surface area contributed by atoms with E-state index in [0.29, 0.717) is 34.1 Å². The molecule has 2 N–H and O–H groups in total. The fourth-order valence-electron chi connectivity index (χ4n) is 4.66. The van der Waals surface area contributed by atoms with Crippen molar-refractivity contribution in [2.75, 3.05) is 26.3 Å². The Morgan fingerprint density at radius 2 is 1.85 bits per heavy atom. The van der Waals surface area contributed by atoms with Crippen molar-refractivity contribution in [2.45, 2.75) is 26.2 Å². The van der Waals surface area contributed by atoms with Gasteiger partial charge >= 0.3 is 0 Å². The summed E-state index contributed by atoms with van der Waals surface area (Å²) in [6.45, 7) is 6.47. The number of aliphatic hydroxyl groups excluding tert-OH is 1. The summed E-state index contributed by atoms with van der Waals surface area (Å²) in [5.41, 5.74) is 3.87. The van der Waals surface area contributed by atoms with E-state index in [0.717, 1.165) is 38.4 Å². The van der Waals surface area contributed by atoms with Gasteiger partial charge in [-0.25, -0.2) is 4.68 Å². The second-order valence-electron chi connectivity index (χ2n) is 8.65. The number of nitriles is 1. The van der Waals surface area contributed by atoms with Gasteiger partial charge in [-0.15, -0.1) is 0 Å². The average molecular weight is 458 g/mol. The number of hydrogen-bond acceptors (Lipinski definition) is 6. The van der Waals surface area contributed by atoms with Gasteiger partial charge in [-0.2, -0.15) is 5.26 Å². The number of fused-ring (bicyclic) bond motifs is 1. The molecule has 0 amide bonds. The average Bonchev–Trinajstić information content (AvgIpc) is 3.19. The molecule has 2 aromatic carbocycles. The Morgan fingerprint density at radius 1 is 1.12 bits per heavy atom. The molecule has 8 nitrogen and oxygen atoms in total. The van der Waals surface area contributed by atoms with E-state index < -0.39 is 6.23 Å². The number of ether oxygens (including phenoxy) is 1. The van der Waals surface area contributed by atoms with E-state index in [-0.39, 0.29) is 5.56 Å². The number of morpholine rings is 1. The third-order valence-electron chi connectivity index (χ3n) is 6.54. The zero-order valence-corrected chi connectivity index (χ0v) is 19.1. The summed E-state index contributed by atoms with van der Waals surface area (Å²) in [6.07, 6.45) is 0.791. The molecule has 5 rings (SSSR count). The van der Waals surface area contributed by atoms with Crippen LogP contribution in [0.15, 0.2) is 53.3 Å². The minimum absolute atomic E-state index is 0.211. The van der Waals surface area contributed by atoms with E-state index in [9.17, 15) is 15.2 Å². The Balaban J connectivity index is 1.50. The van der Waals surface area contributed by atoms with Crippen molar-refractivity contribution in [3.8, 4) is 11.8 Å². The molecule has 0 spiro atoms. The number of nitrogens with zero attached hydrogens (tertiary/aromatic N) is 4. The molecule has 1 saturated heterocycles. The smallest absolute Gasteiger partial charge is 0.280 e. The maximum absolute atomic E-state index is 13.3. The third-order valence-corrected chi connectivity index (χ3v) is 6.54. The fourth-order valence-corrected chi connectivity index (χ4v) is 4.66. The number of nitrogens with one attached hydrogen (secondary N) is 1. The third kappa shape index (κ3) is 4.17. The maximum atomic E-state index is 13.3. The molecule has 2 aliphatic heterocycles. The monoisotopic (exact) mass is 457 g/mol. The number of hydrogen-bond donors (Lipinski definition) is 2. The first-order valence-electron chi connectivity index (χ1n) is 11.4. The molecule has 0 radical (unpaired) electrons. The molecule has 1 atom stereocenters. The zero-order valence-electron chi connectivity index (χ0n) is 19.1.